The van der Waals surface area contributed by atoms with E-state index in [1.54, 1.807) is 0 Å². The standard InChI is InChI=1S/C22H24O3/c1-15(2)14-25-22(24)21-19(23)13-18(16-9-5-3-6-10-16)20(21)17-11-7-4-8-12-17/h3-12,15,18,20-21H,13-14H2,1-2H3/t18-,20+,21-/m0/s1. The second kappa shape index (κ2) is 7.64. The van der Waals surface area contributed by atoms with Gasteiger partial charge in [-0.3, -0.25) is 9.59 Å². The first-order valence-electron chi connectivity index (χ1n) is 8.87. The van der Waals surface area contributed by atoms with Crippen LogP contribution in [0.3, 0.4) is 0 Å². The van der Waals surface area contributed by atoms with E-state index >= 15 is 0 Å². The summed E-state index contributed by atoms with van der Waals surface area (Å²) in [6.07, 6.45) is 0.380. The summed E-state index contributed by atoms with van der Waals surface area (Å²) in [7, 11) is 0. The molecule has 0 heterocycles. The Labute approximate surface area is 149 Å². The highest BCUT2D eigenvalue weighted by Gasteiger charge is 2.48. The number of hydrogen-bond donors (Lipinski definition) is 0. The third-order valence-electron chi connectivity index (χ3n) is 4.79. The molecule has 2 aromatic rings. The van der Waals surface area contributed by atoms with E-state index in [0.29, 0.717) is 13.0 Å². The molecule has 0 bridgehead atoms. The molecule has 0 aliphatic heterocycles. The number of esters is 1. The molecule has 1 aliphatic carbocycles. The summed E-state index contributed by atoms with van der Waals surface area (Å²) in [5.74, 6) is -1.03. The topological polar surface area (TPSA) is 43.4 Å². The van der Waals surface area contributed by atoms with Crippen LogP contribution in [0.5, 0.6) is 0 Å². The Bertz CT molecular complexity index is 721. The average molecular weight is 336 g/mol. The summed E-state index contributed by atoms with van der Waals surface area (Å²) in [5.41, 5.74) is 2.12. The van der Waals surface area contributed by atoms with Crippen molar-refractivity contribution in [3.05, 3.63) is 71.8 Å². The smallest absolute Gasteiger partial charge is 0.317 e. The first-order chi connectivity index (χ1) is 12.1. The predicted molar refractivity (Wildman–Crippen MR) is 97.3 cm³/mol. The molecule has 2 aromatic carbocycles. The predicted octanol–water partition coefficient (Wildman–Crippen LogP) is 4.34. The van der Waals surface area contributed by atoms with Crippen LogP contribution in [-0.4, -0.2) is 18.4 Å². The van der Waals surface area contributed by atoms with Crippen molar-refractivity contribution >= 4 is 11.8 Å². The molecule has 25 heavy (non-hydrogen) atoms. The minimum Gasteiger partial charge on any atom is -0.465 e. The molecule has 0 saturated heterocycles. The molecule has 1 aliphatic rings. The number of rotatable bonds is 5. The summed E-state index contributed by atoms with van der Waals surface area (Å²) in [6, 6.07) is 19.9. The molecule has 130 valence electrons. The molecule has 1 saturated carbocycles. The molecule has 3 nitrogen and oxygen atoms in total. The number of hydrogen-bond acceptors (Lipinski definition) is 3. The van der Waals surface area contributed by atoms with Crippen LogP contribution in [0.1, 0.15) is 43.2 Å². The fraction of sp³-hybridized carbons (Fsp3) is 0.364. The van der Waals surface area contributed by atoms with Gasteiger partial charge in [0, 0.05) is 12.3 Å². The van der Waals surface area contributed by atoms with Crippen LogP contribution in [0, 0.1) is 11.8 Å². The quantitative estimate of drug-likeness (QED) is 0.602. The van der Waals surface area contributed by atoms with Crippen molar-refractivity contribution in [2.75, 3.05) is 6.61 Å². The van der Waals surface area contributed by atoms with E-state index in [-0.39, 0.29) is 29.5 Å². The summed E-state index contributed by atoms with van der Waals surface area (Å²) >= 11 is 0. The fourth-order valence-corrected chi connectivity index (χ4v) is 3.65. The molecular weight excluding hydrogens is 312 g/mol. The van der Waals surface area contributed by atoms with E-state index < -0.39 is 5.92 Å². The Morgan fingerprint density at radius 1 is 1.00 bits per heavy atom. The number of carbonyl (C=O) groups excluding carboxylic acids is 2. The Morgan fingerprint density at radius 2 is 1.56 bits per heavy atom. The van der Waals surface area contributed by atoms with Gasteiger partial charge in [0.25, 0.3) is 0 Å². The first-order valence-corrected chi connectivity index (χ1v) is 8.87. The SMILES string of the molecule is CC(C)COC(=O)[C@H]1C(=O)C[C@@H](c2ccccc2)[C@H]1c1ccccc1. The molecule has 0 amide bonds. The zero-order valence-corrected chi connectivity index (χ0v) is 14.7. The van der Waals surface area contributed by atoms with Crippen LogP contribution in [-0.2, 0) is 14.3 Å². The average Bonchev–Trinajstić information content (AvgIpc) is 2.98. The normalized spacial score (nSPS) is 23.0. The second-order valence-corrected chi connectivity index (χ2v) is 7.13. The Balaban J connectivity index is 1.95. The number of ketones is 1. The van der Waals surface area contributed by atoms with Crippen molar-refractivity contribution < 1.29 is 14.3 Å². The van der Waals surface area contributed by atoms with Gasteiger partial charge >= 0.3 is 5.97 Å². The van der Waals surface area contributed by atoms with Crippen molar-refractivity contribution in [3.63, 3.8) is 0 Å². The van der Waals surface area contributed by atoms with Gasteiger partial charge in [0.2, 0.25) is 0 Å². The summed E-state index contributed by atoms with van der Waals surface area (Å²) < 4.78 is 5.43. The van der Waals surface area contributed by atoms with E-state index in [4.69, 9.17) is 4.74 Å². The number of ether oxygens (including phenoxy) is 1. The maximum atomic E-state index is 12.7. The van der Waals surface area contributed by atoms with Crippen LogP contribution in [0.25, 0.3) is 0 Å². The molecule has 3 rings (SSSR count). The maximum absolute atomic E-state index is 12.7. The summed E-state index contributed by atoms with van der Waals surface area (Å²) in [5, 5.41) is 0. The molecule has 3 atom stereocenters. The molecule has 3 heteroatoms. The van der Waals surface area contributed by atoms with Gasteiger partial charge in [0.05, 0.1) is 6.61 Å². The highest BCUT2D eigenvalue weighted by Crippen LogP contribution is 2.48. The van der Waals surface area contributed by atoms with Crippen molar-refractivity contribution in [1.82, 2.24) is 0 Å². The molecule has 0 radical (unpaired) electrons. The van der Waals surface area contributed by atoms with Gasteiger partial charge in [-0.2, -0.15) is 0 Å². The Morgan fingerprint density at radius 3 is 2.12 bits per heavy atom. The Hall–Kier alpha value is -2.42. The highest BCUT2D eigenvalue weighted by molar-refractivity contribution is 6.02. The number of Topliss-reactive ketones (excluding diaryl/α,β-unsaturated/α-hetero) is 1. The third kappa shape index (κ3) is 3.81. The van der Waals surface area contributed by atoms with Crippen LogP contribution >= 0.6 is 0 Å². The maximum Gasteiger partial charge on any atom is 0.317 e. The van der Waals surface area contributed by atoms with Gasteiger partial charge in [0.1, 0.15) is 11.7 Å². The third-order valence-corrected chi connectivity index (χ3v) is 4.79. The molecule has 0 N–H and O–H groups in total. The lowest BCUT2D eigenvalue weighted by Crippen LogP contribution is -2.28. The van der Waals surface area contributed by atoms with Crippen LogP contribution in [0.4, 0.5) is 0 Å². The van der Waals surface area contributed by atoms with Crippen molar-refractivity contribution in [2.45, 2.75) is 32.1 Å². The first kappa shape index (κ1) is 17.4. The molecular formula is C22H24O3. The molecule has 0 spiro atoms. The van der Waals surface area contributed by atoms with E-state index in [1.807, 2.05) is 74.5 Å². The zero-order chi connectivity index (χ0) is 17.8. The minimum absolute atomic E-state index is 0.00713. The number of carbonyl (C=O) groups is 2. The van der Waals surface area contributed by atoms with Crippen molar-refractivity contribution in [1.29, 1.82) is 0 Å². The van der Waals surface area contributed by atoms with Gasteiger partial charge in [-0.05, 0) is 23.0 Å². The van der Waals surface area contributed by atoms with Crippen LogP contribution in [0.15, 0.2) is 60.7 Å². The van der Waals surface area contributed by atoms with Crippen LogP contribution < -0.4 is 0 Å². The van der Waals surface area contributed by atoms with Gasteiger partial charge in [-0.15, -0.1) is 0 Å². The lowest BCUT2D eigenvalue weighted by molar-refractivity contribution is -0.152. The van der Waals surface area contributed by atoms with E-state index in [2.05, 4.69) is 0 Å². The largest absolute Gasteiger partial charge is 0.465 e. The Kier molecular flexibility index (Phi) is 5.32. The minimum atomic E-state index is -0.716. The lowest BCUT2D eigenvalue weighted by Gasteiger charge is -2.24. The fourth-order valence-electron chi connectivity index (χ4n) is 3.65. The van der Waals surface area contributed by atoms with Gasteiger partial charge < -0.3 is 4.74 Å². The van der Waals surface area contributed by atoms with Gasteiger partial charge in [-0.1, -0.05) is 74.5 Å². The lowest BCUT2D eigenvalue weighted by atomic mass is 9.80. The summed E-state index contributed by atoms with van der Waals surface area (Å²) in [6.45, 7) is 4.33. The van der Waals surface area contributed by atoms with Gasteiger partial charge in [0.15, 0.2) is 0 Å². The second-order valence-electron chi connectivity index (χ2n) is 7.13. The van der Waals surface area contributed by atoms with Crippen molar-refractivity contribution in [2.24, 2.45) is 11.8 Å². The van der Waals surface area contributed by atoms with Gasteiger partial charge in [-0.25, -0.2) is 0 Å². The molecule has 0 aromatic heterocycles. The van der Waals surface area contributed by atoms with Crippen molar-refractivity contribution in [3.8, 4) is 0 Å². The highest BCUT2D eigenvalue weighted by atomic mass is 16.5. The monoisotopic (exact) mass is 336 g/mol. The zero-order valence-electron chi connectivity index (χ0n) is 14.7. The molecule has 0 unspecified atom stereocenters. The summed E-state index contributed by atoms with van der Waals surface area (Å²) in [4.78, 5) is 25.4. The van der Waals surface area contributed by atoms with Crippen LogP contribution in [0.2, 0.25) is 0 Å². The number of benzene rings is 2. The van der Waals surface area contributed by atoms with E-state index in [1.165, 1.54) is 0 Å². The van der Waals surface area contributed by atoms with E-state index in [0.717, 1.165) is 11.1 Å². The molecule has 1 fully saturated rings. The van der Waals surface area contributed by atoms with E-state index in [9.17, 15) is 9.59 Å².